The Morgan fingerprint density at radius 2 is 2.14 bits per heavy atom. The van der Waals surface area contributed by atoms with Gasteiger partial charge in [-0.05, 0) is 43.1 Å². The minimum atomic E-state index is -1.19. The van der Waals surface area contributed by atoms with Gasteiger partial charge < -0.3 is 25.5 Å². The van der Waals surface area contributed by atoms with Crippen molar-refractivity contribution in [3.05, 3.63) is 39.7 Å². The number of hydrogen-bond acceptors (Lipinski definition) is 5. The summed E-state index contributed by atoms with van der Waals surface area (Å²) >= 11 is 0. The average molecular weight is 383 g/mol. The van der Waals surface area contributed by atoms with Crippen LogP contribution in [0, 0.1) is 5.41 Å². The third-order valence-electron chi connectivity index (χ3n) is 6.67. The molecule has 3 fully saturated rings. The fraction of sp³-hybridized carbons (Fsp3) is 0.524. The molecule has 3 atom stereocenters. The minimum absolute atomic E-state index is 0.157. The number of rotatable bonds is 4. The zero-order valence-electron chi connectivity index (χ0n) is 15.9. The van der Waals surface area contributed by atoms with Crippen LogP contribution in [0.3, 0.4) is 0 Å². The van der Waals surface area contributed by atoms with E-state index in [0.717, 1.165) is 49.9 Å². The first-order valence-electron chi connectivity index (χ1n) is 9.90. The van der Waals surface area contributed by atoms with E-state index < -0.39 is 11.4 Å². The molecule has 1 spiro atoms. The monoisotopic (exact) mass is 383 g/mol. The van der Waals surface area contributed by atoms with E-state index in [1.807, 2.05) is 10.6 Å². The Hall–Kier alpha value is -2.38. The number of nitrogens with two attached hydrogens (primary N) is 1. The molecule has 1 aromatic carbocycles. The van der Waals surface area contributed by atoms with Crippen LogP contribution in [-0.2, 0) is 0 Å². The van der Waals surface area contributed by atoms with Crippen molar-refractivity contribution in [2.24, 2.45) is 11.1 Å². The van der Waals surface area contributed by atoms with Crippen LogP contribution < -0.4 is 21.2 Å². The second kappa shape index (κ2) is 6.06. The van der Waals surface area contributed by atoms with Crippen LogP contribution in [0.15, 0.2) is 23.1 Å². The molecule has 2 saturated carbocycles. The molecule has 7 heteroatoms. The number of fused-ring (bicyclic) bond motifs is 1. The Morgan fingerprint density at radius 1 is 1.36 bits per heavy atom. The third-order valence-corrected chi connectivity index (χ3v) is 6.67. The topological polar surface area (TPSA) is 107 Å². The molecule has 0 amide bonds. The van der Waals surface area contributed by atoms with Crippen LogP contribution in [0.5, 0.6) is 5.75 Å². The number of aromatic carboxylic acids is 1. The van der Waals surface area contributed by atoms with Gasteiger partial charge in [-0.25, -0.2) is 4.79 Å². The van der Waals surface area contributed by atoms with Gasteiger partial charge in [0, 0.05) is 36.9 Å². The van der Waals surface area contributed by atoms with Gasteiger partial charge in [-0.2, -0.15) is 0 Å². The molecule has 2 aromatic rings. The lowest BCUT2D eigenvalue weighted by molar-refractivity contribution is 0.0695. The van der Waals surface area contributed by atoms with Gasteiger partial charge in [0.2, 0.25) is 5.43 Å². The summed E-state index contributed by atoms with van der Waals surface area (Å²) in [5.74, 6) is -0.139. The van der Waals surface area contributed by atoms with Crippen LogP contribution in [0.4, 0.5) is 0 Å². The SMILES string of the molecule is COc1c(C2CC23CNCC(N)C3)ccc2c(=O)c(C(=O)O)cn(C3CC3)c12. The van der Waals surface area contributed by atoms with Crippen molar-refractivity contribution in [2.75, 3.05) is 20.2 Å². The molecule has 1 aromatic heterocycles. The van der Waals surface area contributed by atoms with E-state index in [1.54, 1.807) is 13.2 Å². The number of nitrogens with one attached hydrogen (secondary N) is 1. The van der Waals surface area contributed by atoms with Gasteiger partial charge in [0.15, 0.2) is 0 Å². The number of pyridine rings is 1. The molecular formula is C21H25N3O4. The van der Waals surface area contributed by atoms with Gasteiger partial charge in [0.05, 0.1) is 18.0 Å². The van der Waals surface area contributed by atoms with E-state index in [-0.39, 0.29) is 23.1 Å². The zero-order chi connectivity index (χ0) is 19.6. The molecule has 0 bridgehead atoms. The predicted molar refractivity (Wildman–Crippen MR) is 105 cm³/mol. The van der Waals surface area contributed by atoms with Crippen molar-refractivity contribution < 1.29 is 14.6 Å². The Morgan fingerprint density at radius 3 is 2.79 bits per heavy atom. The standard InChI is InChI=1S/C21H25N3O4/c1-28-19-13(16-7-21(16)6-11(22)8-23-10-21)4-5-14-17(19)24(12-2-3-12)9-15(18(14)25)20(26)27/h4-5,9,11-12,16,23H,2-3,6-8,10,22H2,1H3,(H,26,27). The molecular weight excluding hydrogens is 358 g/mol. The maximum Gasteiger partial charge on any atom is 0.341 e. The molecule has 2 heterocycles. The molecule has 1 saturated heterocycles. The number of benzene rings is 1. The first-order chi connectivity index (χ1) is 13.4. The summed E-state index contributed by atoms with van der Waals surface area (Å²) in [6.07, 6.45) is 5.50. The Kier molecular flexibility index (Phi) is 3.83. The lowest BCUT2D eigenvalue weighted by Crippen LogP contribution is -2.45. The maximum absolute atomic E-state index is 12.8. The molecule has 148 valence electrons. The van der Waals surface area contributed by atoms with Crippen LogP contribution in [0.1, 0.15) is 53.6 Å². The molecule has 0 radical (unpaired) electrons. The molecule has 5 rings (SSSR count). The summed E-state index contributed by atoms with van der Waals surface area (Å²) in [4.78, 5) is 24.4. The Balaban J connectivity index is 1.69. The number of carboxylic acid groups (broad SMARTS) is 1. The van der Waals surface area contributed by atoms with E-state index >= 15 is 0 Å². The summed E-state index contributed by atoms with van der Waals surface area (Å²) in [7, 11) is 1.63. The van der Waals surface area contributed by atoms with E-state index in [1.165, 1.54) is 6.20 Å². The summed E-state index contributed by atoms with van der Waals surface area (Å²) in [5, 5.41) is 13.3. The number of carbonyl (C=O) groups is 1. The number of nitrogens with zero attached hydrogens (tertiary/aromatic N) is 1. The number of aromatic nitrogens is 1. The fourth-order valence-electron chi connectivity index (χ4n) is 5.10. The second-order valence-electron chi connectivity index (χ2n) is 8.61. The van der Waals surface area contributed by atoms with E-state index in [9.17, 15) is 14.7 Å². The predicted octanol–water partition coefficient (Wildman–Crippen LogP) is 1.84. The van der Waals surface area contributed by atoms with Gasteiger partial charge in [0.1, 0.15) is 11.3 Å². The van der Waals surface area contributed by atoms with Crippen molar-refractivity contribution in [3.8, 4) is 5.75 Å². The van der Waals surface area contributed by atoms with Gasteiger partial charge in [0.25, 0.3) is 0 Å². The van der Waals surface area contributed by atoms with E-state index in [0.29, 0.717) is 17.1 Å². The smallest absolute Gasteiger partial charge is 0.341 e. The first-order valence-corrected chi connectivity index (χ1v) is 9.90. The lowest BCUT2D eigenvalue weighted by atomic mass is 9.88. The number of hydrogen-bond donors (Lipinski definition) is 3. The normalized spacial score (nSPS) is 29.2. The molecule has 28 heavy (non-hydrogen) atoms. The maximum atomic E-state index is 12.8. The van der Waals surface area contributed by atoms with Crippen LogP contribution in [0.25, 0.3) is 10.9 Å². The number of piperidine rings is 1. The molecule has 4 N–H and O–H groups in total. The number of methoxy groups -OCH3 is 1. The highest BCUT2D eigenvalue weighted by molar-refractivity contribution is 5.95. The summed E-state index contributed by atoms with van der Waals surface area (Å²) in [6.45, 7) is 1.79. The van der Waals surface area contributed by atoms with Gasteiger partial charge in [-0.1, -0.05) is 6.07 Å². The third kappa shape index (κ3) is 2.57. The first kappa shape index (κ1) is 17.7. The summed E-state index contributed by atoms with van der Waals surface area (Å²) in [6, 6.07) is 4.12. The highest BCUT2D eigenvalue weighted by atomic mass is 16.5. The van der Waals surface area contributed by atoms with Crippen LogP contribution in [-0.4, -0.2) is 41.9 Å². The summed E-state index contributed by atoms with van der Waals surface area (Å²) < 4.78 is 7.78. The summed E-state index contributed by atoms with van der Waals surface area (Å²) in [5.41, 5.74) is 7.55. The Labute approximate surface area is 162 Å². The molecule has 2 aliphatic carbocycles. The van der Waals surface area contributed by atoms with Gasteiger partial charge in [-0.3, -0.25) is 4.79 Å². The molecule has 1 aliphatic heterocycles. The second-order valence-corrected chi connectivity index (χ2v) is 8.61. The molecule has 7 nitrogen and oxygen atoms in total. The molecule has 3 unspecified atom stereocenters. The largest absolute Gasteiger partial charge is 0.494 e. The number of ether oxygens (including phenoxy) is 1. The fourth-order valence-corrected chi connectivity index (χ4v) is 5.10. The number of carboxylic acids is 1. The van der Waals surface area contributed by atoms with Crippen LogP contribution in [0.2, 0.25) is 0 Å². The minimum Gasteiger partial charge on any atom is -0.494 e. The lowest BCUT2D eigenvalue weighted by Gasteiger charge is -2.29. The van der Waals surface area contributed by atoms with Crippen molar-refractivity contribution in [1.29, 1.82) is 0 Å². The van der Waals surface area contributed by atoms with Gasteiger partial charge >= 0.3 is 5.97 Å². The van der Waals surface area contributed by atoms with E-state index in [4.69, 9.17) is 10.5 Å². The van der Waals surface area contributed by atoms with Crippen molar-refractivity contribution in [3.63, 3.8) is 0 Å². The Bertz CT molecular complexity index is 1040. The highest BCUT2D eigenvalue weighted by Gasteiger charge is 2.57. The van der Waals surface area contributed by atoms with Crippen LogP contribution >= 0.6 is 0 Å². The quantitative estimate of drug-likeness (QED) is 0.744. The molecule has 3 aliphatic rings. The zero-order valence-corrected chi connectivity index (χ0v) is 15.9. The van der Waals surface area contributed by atoms with Gasteiger partial charge in [-0.15, -0.1) is 0 Å². The average Bonchev–Trinajstić information content (AvgIpc) is 3.58. The van der Waals surface area contributed by atoms with E-state index in [2.05, 4.69) is 5.32 Å². The van der Waals surface area contributed by atoms with Crippen molar-refractivity contribution >= 4 is 16.9 Å². The highest BCUT2D eigenvalue weighted by Crippen LogP contribution is 2.64. The van der Waals surface area contributed by atoms with Crippen molar-refractivity contribution in [1.82, 2.24) is 9.88 Å². The van der Waals surface area contributed by atoms with Crippen molar-refractivity contribution in [2.45, 2.75) is 43.7 Å².